The molecule has 0 unspecified atom stereocenters. The number of ether oxygens (including phenoxy) is 2. The molecule has 0 atom stereocenters. The van der Waals surface area contributed by atoms with E-state index in [4.69, 9.17) is 14.5 Å². The predicted molar refractivity (Wildman–Crippen MR) is 139 cm³/mol. The molecule has 1 aliphatic heterocycles. The lowest BCUT2D eigenvalue weighted by molar-refractivity contribution is 0.414. The summed E-state index contributed by atoms with van der Waals surface area (Å²) in [5.41, 5.74) is 9.50. The van der Waals surface area contributed by atoms with Crippen molar-refractivity contribution >= 4 is 11.3 Å². The number of hydrogen-bond donors (Lipinski definition) is 1. The van der Waals surface area contributed by atoms with E-state index in [2.05, 4.69) is 72.6 Å². The van der Waals surface area contributed by atoms with Crippen molar-refractivity contribution in [2.75, 3.05) is 14.2 Å². The zero-order valence-electron chi connectivity index (χ0n) is 19.5. The van der Waals surface area contributed by atoms with E-state index >= 15 is 0 Å². The van der Waals surface area contributed by atoms with E-state index in [-0.39, 0.29) is 0 Å². The Hall–Kier alpha value is -4.31. The standard InChI is InChI=1S/C30H26N2O2/c1-20-4-6-23(7-5-20)30(28-18-16-26(31-28)21-8-12-24(33-2)13-9-21)29-19-17-27(32-29)22-10-14-25(34-3)15-11-22/h4-19,31H,1-3H3/b30-29-. The van der Waals surface area contributed by atoms with Gasteiger partial charge in [0, 0.05) is 22.5 Å². The Morgan fingerprint density at radius 2 is 1.29 bits per heavy atom. The van der Waals surface area contributed by atoms with Gasteiger partial charge in [-0.1, -0.05) is 29.8 Å². The topological polar surface area (TPSA) is 46.6 Å². The smallest absolute Gasteiger partial charge is 0.118 e. The fourth-order valence-corrected chi connectivity index (χ4v) is 4.07. The maximum absolute atomic E-state index is 5.30. The quantitative estimate of drug-likeness (QED) is 0.353. The molecule has 4 heteroatoms. The molecule has 1 N–H and O–H groups in total. The van der Waals surface area contributed by atoms with Crippen LogP contribution in [0.5, 0.6) is 11.5 Å². The molecular formula is C30H26N2O2. The second-order valence-electron chi connectivity index (χ2n) is 8.20. The van der Waals surface area contributed by atoms with Crippen LogP contribution < -0.4 is 9.47 Å². The minimum absolute atomic E-state index is 0.833. The van der Waals surface area contributed by atoms with Crippen LogP contribution in [0.4, 0.5) is 0 Å². The summed E-state index contributed by atoms with van der Waals surface area (Å²) in [5, 5.41) is 0. The van der Waals surface area contributed by atoms with E-state index in [9.17, 15) is 0 Å². The first-order valence-electron chi connectivity index (χ1n) is 11.2. The van der Waals surface area contributed by atoms with Gasteiger partial charge in [-0.15, -0.1) is 0 Å². The van der Waals surface area contributed by atoms with E-state index < -0.39 is 0 Å². The van der Waals surface area contributed by atoms with Gasteiger partial charge < -0.3 is 14.5 Å². The molecule has 3 aromatic carbocycles. The van der Waals surface area contributed by atoms with E-state index in [1.165, 1.54) is 5.56 Å². The number of aromatic amines is 1. The minimum Gasteiger partial charge on any atom is -0.497 e. The number of hydrogen-bond acceptors (Lipinski definition) is 3. The Labute approximate surface area is 199 Å². The average molecular weight is 447 g/mol. The molecule has 168 valence electrons. The molecule has 2 heterocycles. The van der Waals surface area contributed by atoms with Crippen molar-refractivity contribution in [1.29, 1.82) is 0 Å². The second kappa shape index (κ2) is 9.28. The summed E-state index contributed by atoms with van der Waals surface area (Å²) >= 11 is 0. The van der Waals surface area contributed by atoms with Gasteiger partial charge in [0.15, 0.2) is 0 Å². The molecule has 0 bridgehead atoms. The van der Waals surface area contributed by atoms with Crippen LogP contribution in [0.2, 0.25) is 0 Å². The number of rotatable bonds is 6. The van der Waals surface area contributed by atoms with Gasteiger partial charge in [-0.2, -0.15) is 0 Å². The number of nitrogens with zero attached hydrogens (tertiary/aromatic N) is 1. The van der Waals surface area contributed by atoms with Crippen molar-refractivity contribution in [2.45, 2.75) is 6.92 Å². The molecule has 4 aromatic rings. The van der Waals surface area contributed by atoms with Crippen LogP contribution in [-0.4, -0.2) is 24.9 Å². The van der Waals surface area contributed by atoms with Gasteiger partial charge in [-0.25, -0.2) is 4.99 Å². The summed E-state index contributed by atoms with van der Waals surface area (Å²) < 4.78 is 10.6. The van der Waals surface area contributed by atoms with Gasteiger partial charge in [0.2, 0.25) is 0 Å². The molecule has 0 radical (unpaired) electrons. The number of allylic oxidation sites excluding steroid dienone is 2. The third-order valence-electron chi connectivity index (χ3n) is 5.98. The summed E-state index contributed by atoms with van der Waals surface area (Å²) in [4.78, 5) is 8.61. The molecule has 0 amide bonds. The average Bonchev–Trinajstić information content (AvgIpc) is 3.57. The molecular weight excluding hydrogens is 420 g/mol. The highest BCUT2D eigenvalue weighted by Gasteiger charge is 2.17. The fourth-order valence-electron chi connectivity index (χ4n) is 4.07. The highest BCUT2D eigenvalue weighted by atomic mass is 16.5. The molecule has 34 heavy (non-hydrogen) atoms. The molecule has 1 aliphatic rings. The normalized spacial score (nSPS) is 14.1. The second-order valence-corrected chi connectivity index (χ2v) is 8.20. The van der Waals surface area contributed by atoms with Gasteiger partial charge in [-0.3, -0.25) is 0 Å². The number of nitrogens with one attached hydrogen (secondary N) is 1. The molecule has 0 aliphatic carbocycles. The molecule has 0 spiro atoms. The van der Waals surface area contributed by atoms with Crippen LogP contribution in [-0.2, 0) is 0 Å². The largest absolute Gasteiger partial charge is 0.497 e. The molecule has 0 saturated heterocycles. The lowest BCUT2D eigenvalue weighted by atomic mass is 9.99. The predicted octanol–water partition coefficient (Wildman–Crippen LogP) is 6.83. The fraction of sp³-hybridized carbons (Fsp3) is 0.100. The molecule has 0 saturated carbocycles. The van der Waals surface area contributed by atoms with Gasteiger partial charge in [0.1, 0.15) is 11.5 Å². The van der Waals surface area contributed by atoms with Gasteiger partial charge in [0.25, 0.3) is 0 Å². The number of H-pyrrole nitrogens is 1. The number of benzene rings is 3. The first kappa shape index (κ1) is 21.5. The van der Waals surface area contributed by atoms with Crippen molar-refractivity contribution in [2.24, 2.45) is 4.99 Å². The minimum atomic E-state index is 0.833. The Morgan fingerprint density at radius 3 is 1.91 bits per heavy atom. The van der Waals surface area contributed by atoms with E-state index in [0.717, 1.165) is 56.6 Å². The molecule has 0 fully saturated rings. The van der Waals surface area contributed by atoms with Gasteiger partial charge in [0.05, 0.1) is 25.6 Å². The summed E-state index contributed by atoms with van der Waals surface area (Å²) in [6.45, 7) is 2.10. The lowest BCUT2D eigenvalue weighted by Gasteiger charge is -2.10. The third kappa shape index (κ3) is 4.30. The number of aryl methyl sites for hydroxylation is 1. The first-order chi connectivity index (χ1) is 16.6. The third-order valence-corrected chi connectivity index (χ3v) is 5.98. The number of aliphatic imine (C=N–C) groups is 1. The maximum atomic E-state index is 5.30. The first-order valence-corrected chi connectivity index (χ1v) is 11.2. The molecule has 5 rings (SSSR count). The van der Waals surface area contributed by atoms with Crippen LogP contribution in [0.15, 0.2) is 108 Å². The maximum Gasteiger partial charge on any atom is 0.118 e. The van der Waals surface area contributed by atoms with Crippen molar-refractivity contribution in [3.8, 4) is 22.8 Å². The zero-order valence-corrected chi connectivity index (χ0v) is 19.5. The van der Waals surface area contributed by atoms with Crippen LogP contribution >= 0.6 is 0 Å². The zero-order chi connectivity index (χ0) is 23.5. The SMILES string of the molecule is COc1ccc(C2=N/C(=C(/c3ccc(C)cc3)c3ccc(-c4ccc(OC)cc4)[nH]3)C=C2)cc1. The van der Waals surface area contributed by atoms with E-state index in [1.807, 2.05) is 36.4 Å². The highest BCUT2D eigenvalue weighted by molar-refractivity contribution is 6.12. The van der Waals surface area contributed by atoms with Crippen molar-refractivity contribution < 1.29 is 9.47 Å². The Bertz CT molecular complexity index is 1390. The Kier molecular flexibility index (Phi) is 5.88. The van der Waals surface area contributed by atoms with E-state index in [0.29, 0.717) is 0 Å². The Morgan fingerprint density at radius 1 is 0.676 bits per heavy atom. The summed E-state index contributed by atoms with van der Waals surface area (Å²) in [6, 6.07) is 28.9. The monoisotopic (exact) mass is 446 g/mol. The van der Waals surface area contributed by atoms with E-state index in [1.54, 1.807) is 14.2 Å². The van der Waals surface area contributed by atoms with Crippen molar-refractivity contribution in [1.82, 2.24) is 4.98 Å². The lowest BCUT2D eigenvalue weighted by Crippen LogP contribution is -1.95. The number of aromatic nitrogens is 1. The van der Waals surface area contributed by atoms with Crippen LogP contribution in [0.1, 0.15) is 22.4 Å². The van der Waals surface area contributed by atoms with Crippen molar-refractivity contribution in [3.05, 3.63) is 125 Å². The highest BCUT2D eigenvalue weighted by Crippen LogP contribution is 2.33. The molecule has 4 nitrogen and oxygen atoms in total. The van der Waals surface area contributed by atoms with Crippen LogP contribution in [0.3, 0.4) is 0 Å². The molecule has 1 aromatic heterocycles. The van der Waals surface area contributed by atoms with Crippen LogP contribution in [0, 0.1) is 6.92 Å². The summed E-state index contributed by atoms with van der Waals surface area (Å²) in [7, 11) is 3.35. The van der Waals surface area contributed by atoms with Gasteiger partial charge >= 0.3 is 0 Å². The Balaban J connectivity index is 1.57. The van der Waals surface area contributed by atoms with Crippen molar-refractivity contribution in [3.63, 3.8) is 0 Å². The summed E-state index contributed by atoms with van der Waals surface area (Å²) in [5.74, 6) is 1.68. The summed E-state index contributed by atoms with van der Waals surface area (Å²) in [6.07, 6.45) is 4.15. The van der Waals surface area contributed by atoms with Gasteiger partial charge in [-0.05, 0) is 90.9 Å². The van der Waals surface area contributed by atoms with Crippen LogP contribution in [0.25, 0.3) is 16.8 Å². The number of methoxy groups -OCH3 is 2.